The minimum absolute atomic E-state index is 0.172. The second-order valence-electron chi connectivity index (χ2n) is 9.19. The number of hydrogen-bond donors (Lipinski definition) is 1. The number of hydrogen-bond acceptors (Lipinski definition) is 7. The van der Waals surface area contributed by atoms with E-state index in [1.54, 1.807) is 11.8 Å². The molecule has 0 radical (unpaired) electrons. The third kappa shape index (κ3) is 6.04. The zero-order valence-corrected chi connectivity index (χ0v) is 22.6. The van der Waals surface area contributed by atoms with Crippen LogP contribution in [0, 0.1) is 5.41 Å². The van der Waals surface area contributed by atoms with Crippen LogP contribution in [0.1, 0.15) is 46.5 Å². The van der Waals surface area contributed by atoms with Crippen LogP contribution in [0.3, 0.4) is 0 Å². The summed E-state index contributed by atoms with van der Waals surface area (Å²) in [6, 6.07) is 14.9. The molecule has 0 saturated heterocycles. The molecule has 1 heterocycles. The number of aliphatic hydroxyl groups is 1. The molecule has 3 rings (SSSR count). The van der Waals surface area contributed by atoms with Crippen molar-refractivity contribution in [3.63, 3.8) is 0 Å². The van der Waals surface area contributed by atoms with Crippen LogP contribution in [-0.4, -0.2) is 48.9 Å². The standard InChI is InChI=1S/C27H37NO4S2/c1-6-8-14-27(7-2)17-28(20-12-10-9-11-13-20)21-15-24(33-5)22(16-23(21)34-19-27)32-18-26(3,30)25(29)31-4/h9-13,15-16,30H,6-8,14,17-19H2,1-5H3. The molecule has 5 nitrogen and oxygen atoms in total. The van der Waals surface area contributed by atoms with Crippen LogP contribution in [-0.2, 0) is 9.53 Å². The Labute approximate surface area is 212 Å². The Hall–Kier alpha value is -1.83. The fraction of sp³-hybridized carbons (Fsp3) is 0.519. The van der Waals surface area contributed by atoms with Gasteiger partial charge in [0.25, 0.3) is 0 Å². The number of para-hydroxylation sites is 1. The highest BCUT2D eigenvalue weighted by Gasteiger charge is 2.36. The zero-order chi connectivity index (χ0) is 24.8. The quantitative estimate of drug-likeness (QED) is 0.292. The minimum Gasteiger partial charge on any atom is -0.489 e. The van der Waals surface area contributed by atoms with E-state index in [0.717, 1.165) is 28.5 Å². The average Bonchev–Trinajstić information content (AvgIpc) is 3.02. The second-order valence-corrected chi connectivity index (χ2v) is 11.1. The number of esters is 1. The summed E-state index contributed by atoms with van der Waals surface area (Å²) in [6.07, 6.45) is 6.75. The Morgan fingerprint density at radius 1 is 1.26 bits per heavy atom. The van der Waals surface area contributed by atoms with E-state index in [9.17, 15) is 9.90 Å². The third-order valence-electron chi connectivity index (χ3n) is 6.58. The van der Waals surface area contributed by atoms with E-state index in [0.29, 0.717) is 5.75 Å². The van der Waals surface area contributed by atoms with Gasteiger partial charge in [-0.15, -0.1) is 23.5 Å². The fourth-order valence-corrected chi connectivity index (χ4v) is 6.21. The molecule has 7 heteroatoms. The fourth-order valence-electron chi connectivity index (χ4n) is 4.26. The number of nitrogens with zero attached hydrogens (tertiary/aromatic N) is 1. The summed E-state index contributed by atoms with van der Waals surface area (Å²) >= 11 is 3.48. The number of fused-ring (bicyclic) bond motifs is 1. The molecular formula is C27H37NO4S2. The average molecular weight is 504 g/mol. The Bertz CT molecular complexity index is 967. The number of methoxy groups -OCH3 is 1. The highest BCUT2D eigenvalue weighted by molar-refractivity contribution is 7.99. The smallest absolute Gasteiger partial charge is 0.341 e. The van der Waals surface area contributed by atoms with Gasteiger partial charge in [-0.25, -0.2) is 4.79 Å². The van der Waals surface area contributed by atoms with Crippen LogP contribution < -0.4 is 9.64 Å². The van der Waals surface area contributed by atoms with Crippen LogP contribution >= 0.6 is 23.5 Å². The summed E-state index contributed by atoms with van der Waals surface area (Å²) in [4.78, 5) is 16.5. The maximum absolute atomic E-state index is 11.9. The van der Waals surface area contributed by atoms with Crippen molar-refractivity contribution < 1.29 is 19.4 Å². The third-order valence-corrected chi connectivity index (χ3v) is 8.73. The molecule has 0 bridgehead atoms. The van der Waals surface area contributed by atoms with Crippen molar-refractivity contribution in [2.75, 3.05) is 37.2 Å². The molecule has 0 fully saturated rings. The number of ether oxygens (including phenoxy) is 2. The Kier molecular flexibility index (Phi) is 9.24. The van der Waals surface area contributed by atoms with E-state index >= 15 is 0 Å². The van der Waals surface area contributed by atoms with Gasteiger partial charge in [-0.05, 0) is 55.7 Å². The maximum atomic E-state index is 11.9. The SMILES string of the molecule is CCCCC1(CC)CSc2cc(OCC(C)(O)C(=O)OC)c(SC)cc2N(c2ccccc2)C1. The Morgan fingerprint density at radius 3 is 2.62 bits per heavy atom. The van der Waals surface area contributed by atoms with Crippen LogP contribution in [0.5, 0.6) is 5.75 Å². The summed E-state index contributed by atoms with van der Waals surface area (Å²) < 4.78 is 10.7. The molecule has 1 aliphatic heterocycles. The van der Waals surface area contributed by atoms with Crippen molar-refractivity contribution in [2.45, 2.75) is 61.8 Å². The number of benzene rings is 2. The Morgan fingerprint density at radius 2 is 2.00 bits per heavy atom. The van der Waals surface area contributed by atoms with Crippen LogP contribution in [0.25, 0.3) is 0 Å². The number of carbonyl (C=O) groups excluding carboxylic acids is 1. The number of unbranched alkanes of at least 4 members (excludes halogenated alkanes) is 1. The van der Waals surface area contributed by atoms with Crippen molar-refractivity contribution in [1.29, 1.82) is 0 Å². The van der Waals surface area contributed by atoms with Crippen molar-refractivity contribution >= 4 is 40.9 Å². The van der Waals surface area contributed by atoms with E-state index in [1.807, 2.05) is 18.0 Å². The Balaban J connectivity index is 2.02. The molecule has 0 saturated carbocycles. The molecule has 2 unspecified atom stereocenters. The molecule has 2 aromatic rings. The highest BCUT2D eigenvalue weighted by Crippen LogP contribution is 2.49. The first kappa shape index (κ1) is 26.8. The van der Waals surface area contributed by atoms with Crippen LogP contribution in [0.4, 0.5) is 11.4 Å². The molecule has 186 valence electrons. The summed E-state index contributed by atoms with van der Waals surface area (Å²) in [5.74, 6) is 1.01. The summed E-state index contributed by atoms with van der Waals surface area (Å²) in [7, 11) is 1.26. The number of anilines is 2. The first-order valence-electron chi connectivity index (χ1n) is 11.9. The molecule has 2 atom stereocenters. The van der Waals surface area contributed by atoms with Gasteiger partial charge in [0, 0.05) is 22.9 Å². The lowest BCUT2D eigenvalue weighted by molar-refractivity contribution is -0.163. The second kappa shape index (κ2) is 11.7. The molecule has 2 aromatic carbocycles. The van der Waals surface area contributed by atoms with Crippen molar-refractivity contribution in [1.82, 2.24) is 0 Å². The number of rotatable bonds is 10. The molecule has 1 N–H and O–H groups in total. The van der Waals surface area contributed by atoms with Crippen LogP contribution in [0.15, 0.2) is 52.3 Å². The van der Waals surface area contributed by atoms with Crippen molar-refractivity contribution in [3.05, 3.63) is 42.5 Å². The minimum atomic E-state index is -1.71. The lowest BCUT2D eigenvalue weighted by Gasteiger charge is -2.37. The molecule has 0 aromatic heterocycles. The largest absolute Gasteiger partial charge is 0.489 e. The van der Waals surface area contributed by atoms with E-state index in [-0.39, 0.29) is 12.0 Å². The van der Waals surface area contributed by atoms with Gasteiger partial charge in [-0.3, -0.25) is 0 Å². The normalized spacial score (nSPS) is 19.6. The van der Waals surface area contributed by atoms with Gasteiger partial charge >= 0.3 is 5.97 Å². The lowest BCUT2D eigenvalue weighted by atomic mass is 9.81. The van der Waals surface area contributed by atoms with Gasteiger partial charge in [0.05, 0.1) is 17.7 Å². The van der Waals surface area contributed by atoms with Gasteiger partial charge in [0.1, 0.15) is 12.4 Å². The van der Waals surface area contributed by atoms with Crippen molar-refractivity contribution in [3.8, 4) is 5.75 Å². The summed E-state index contributed by atoms with van der Waals surface area (Å²) in [6.45, 7) is 6.78. The first-order chi connectivity index (χ1) is 16.3. The van der Waals surface area contributed by atoms with Gasteiger partial charge in [0.15, 0.2) is 5.60 Å². The topological polar surface area (TPSA) is 59.0 Å². The number of carbonyl (C=O) groups is 1. The molecule has 0 amide bonds. The summed E-state index contributed by atoms with van der Waals surface area (Å²) in [5, 5.41) is 10.4. The molecule has 0 spiro atoms. The zero-order valence-electron chi connectivity index (χ0n) is 20.9. The number of thioether (sulfide) groups is 2. The monoisotopic (exact) mass is 503 g/mol. The van der Waals surface area contributed by atoms with Gasteiger partial charge in [-0.2, -0.15) is 0 Å². The van der Waals surface area contributed by atoms with Gasteiger partial charge in [-0.1, -0.05) is 44.9 Å². The molecular weight excluding hydrogens is 466 g/mol. The molecule has 34 heavy (non-hydrogen) atoms. The molecule has 0 aliphatic carbocycles. The van der Waals surface area contributed by atoms with E-state index in [4.69, 9.17) is 9.47 Å². The predicted molar refractivity (Wildman–Crippen MR) is 143 cm³/mol. The lowest BCUT2D eigenvalue weighted by Crippen LogP contribution is -2.42. The van der Waals surface area contributed by atoms with Crippen molar-refractivity contribution in [2.24, 2.45) is 5.41 Å². The van der Waals surface area contributed by atoms with E-state index in [1.165, 1.54) is 44.7 Å². The van der Waals surface area contributed by atoms with Crippen LogP contribution in [0.2, 0.25) is 0 Å². The van der Waals surface area contributed by atoms with E-state index in [2.05, 4.69) is 61.2 Å². The van der Waals surface area contributed by atoms with Gasteiger partial charge in [0.2, 0.25) is 0 Å². The molecule has 1 aliphatic rings. The summed E-state index contributed by atoms with van der Waals surface area (Å²) in [5.41, 5.74) is 0.872. The highest BCUT2D eigenvalue weighted by atomic mass is 32.2. The van der Waals surface area contributed by atoms with E-state index < -0.39 is 11.6 Å². The maximum Gasteiger partial charge on any atom is 0.341 e. The predicted octanol–water partition coefficient (Wildman–Crippen LogP) is 6.54. The van der Waals surface area contributed by atoms with Gasteiger partial charge < -0.3 is 19.5 Å². The first-order valence-corrected chi connectivity index (χ1v) is 14.1.